The largest absolute Gasteiger partial charge is 0.439 e. The number of nitrogens with two attached hydrogens (primary N) is 1. The topological polar surface area (TPSA) is 72.0 Å². The lowest BCUT2D eigenvalue weighted by Gasteiger charge is -2.09. The lowest BCUT2D eigenvalue weighted by atomic mass is 10.1. The Morgan fingerprint density at radius 1 is 1.10 bits per heavy atom. The number of para-hydroxylation sites is 1. The average molecular weight is 342 g/mol. The molecule has 0 radical (unpaired) electrons. The van der Waals surface area contributed by atoms with Crippen LogP contribution in [-0.2, 0) is 0 Å². The Hall–Kier alpha value is -2.40. The highest BCUT2D eigenvalue weighted by Crippen LogP contribution is 2.27. The van der Waals surface area contributed by atoms with Crippen LogP contribution in [0.1, 0.15) is 5.56 Å². The van der Waals surface area contributed by atoms with Crippen LogP contribution in [0.5, 0.6) is 11.6 Å². The number of halogens is 1. The molecule has 3 aromatic rings. The number of hydrogen-bond acceptors (Lipinski definition) is 3. The molecular formula is C16H12BrN3O. The van der Waals surface area contributed by atoms with Crippen molar-refractivity contribution < 1.29 is 4.74 Å². The number of fused-ring (bicyclic) bond motifs is 1. The number of ether oxygens (including phenoxy) is 1. The highest BCUT2D eigenvalue weighted by atomic mass is 79.9. The molecule has 1 aromatic heterocycles. The van der Waals surface area contributed by atoms with Crippen molar-refractivity contribution in [3.8, 4) is 11.6 Å². The molecule has 2 aromatic carbocycles. The minimum absolute atomic E-state index is 0.00677. The number of hydrogen-bond donors (Lipinski definition) is 2. The quantitative estimate of drug-likeness (QED) is 0.557. The van der Waals surface area contributed by atoms with Crippen molar-refractivity contribution in [2.24, 2.45) is 5.73 Å². The van der Waals surface area contributed by atoms with Gasteiger partial charge in [0.2, 0.25) is 5.88 Å². The third-order valence-corrected chi connectivity index (χ3v) is 3.49. The van der Waals surface area contributed by atoms with Gasteiger partial charge in [-0.25, -0.2) is 4.98 Å². The van der Waals surface area contributed by atoms with E-state index >= 15 is 0 Å². The summed E-state index contributed by atoms with van der Waals surface area (Å²) in [4.78, 5) is 4.45. The van der Waals surface area contributed by atoms with E-state index in [0.29, 0.717) is 17.2 Å². The zero-order chi connectivity index (χ0) is 14.8. The molecule has 5 heteroatoms. The number of aromatic nitrogens is 1. The van der Waals surface area contributed by atoms with Gasteiger partial charge in [0, 0.05) is 21.5 Å². The van der Waals surface area contributed by atoms with E-state index in [1.807, 2.05) is 48.5 Å². The van der Waals surface area contributed by atoms with Gasteiger partial charge in [0.1, 0.15) is 11.6 Å². The van der Waals surface area contributed by atoms with Crippen LogP contribution in [0.3, 0.4) is 0 Å². The minimum Gasteiger partial charge on any atom is -0.439 e. The molecule has 1 heterocycles. The lowest BCUT2D eigenvalue weighted by Crippen LogP contribution is -2.12. The number of nitrogens with zero attached hydrogens (tertiary/aromatic N) is 1. The van der Waals surface area contributed by atoms with Crippen molar-refractivity contribution in [2.45, 2.75) is 0 Å². The maximum atomic E-state index is 7.71. The van der Waals surface area contributed by atoms with E-state index in [2.05, 4.69) is 20.9 Å². The van der Waals surface area contributed by atoms with Gasteiger partial charge in [0.05, 0.1) is 5.52 Å². The van der Waals surface area contributed by atoms with Gasteiger partial charge in [0.15, 0.2) is 0 Å². The highest BCUT2D eigenvalue weighted by molar-refractivity contribution is 9.10. The molecule has 104 valence electrons. The van der Waals surface area contributed by atoms with Gasteiger partial charge in [0.25, 0.3) is 0 Å². The first-order valence-electron chi connectivity index (χ1n) is 6.31. The molecule has 0 bridgehead atoms. The lowest BCUT2D eigenvalue weighted by molar-refractivity contribution is 0.464. The Morgan fingerprint density at radius 3 is 2.67 bits per heavy atom. The molecule has 3 rings (SSSR count). The van der Waals surface area contributed by atoms with Crippen LogP contribution in [0.4, 0.5) is 0 Å². The first-order chi connectivity index (χ1) is 10.1. The number of rotatable bonds is 3. The van der Waals surface area contributed by atoms with E-state index in [4.69, 9.17) is 15.9 Å². The number of nitrogen functional groups attached to an aromatic ring is 1. The standard InChI is InChI=1S/C16H12BrN3O/c17-10-4-3-5-11(8-10)21-15-9-13(16(18)19)12-6-1-2-7-14(12)20-15/h1-9H,(H3,18,19). The van der Waals surface area contributed by atoms with Crippen LogP contribution in [0.2, 0.25) is 0 Å². The van der Waals surface area contributed by atoms with Crippen molar-refractivity contribution in [1.82, 2.24) is 4.98 Å². The Bertz CT molecular complexity index is 833. The number of nitrogens with one attached hydrogen (secondary N) is 1. The van der Waals surface area contributed by atoms with E-state index < -0.39 is 0 Å². The molecule has 0 atom stereocenters. The Labute approximate surface area is 130 Å². The smallest absolute Gasteiger partial charge is 0.220 e. The SMILES string of the molecule is N=C(N)c1cc(Oc2cccc(Br)c2)nc2ccccc12. The van der Waals surface area contributed by atoms with Crippen molar-refractivity contribution in [1.29, 1.82) is 5.41 Å². The number of pyridine rings is 1. The van der Waals surface area contributed by atoms with Crippen molar-refractivity contribution in [2.75, 3.05) is 0 Å². The summed E-state index contributed by atoms with van der Waals surface area (Å²) in [7, 11) is 0. The minimum atomic E-state index is -0.00677. The van der Waals surface area contributed by atoms with E-state index in [0.717, 1.165) is 15.4 Å². The predicted octanol–water partition coefficient (Wildman–Crippen LogP) is 4.07. The highest BCUT2D eigenvalue weighted by Gasteiger charge is 2.09. The number of benzene rings is 2. The summed E-state index contributed by atoms with van der Waals surface area (Å²) in [6, 6.07) is 16.7. The third-order valence-electron chi connectivity index (χ3n) is 3.00. The normalized spacial score (nSPS) is 10.5. The fourth-order valence-electron chi connectivity index (χ4n) is 2.08. The average Bonchev–Trinajstić information content (AvgIpc) is 2.46. The van der Waals surface area contributed by atoms with Crippen molar-refractivity contribution in [3.05, 3.63) is 64.6 Å². The molecule has 4 nitrogen and oxygen atoms in total. The fourth-order valence-corrected chi connectivity index (χ4v) is 2.46. The molecule has 0 spiro atoms. The molecule has 0 amide bonds. The fraction of sp³-hybridized carbons (Fsp3) is 0. The third kappa shape index (κ3) is 2.87. The Morgan fingerprint density at radius 2 is 1.90 bits per heavy atom. The van der Waals surface area contributed by atoms with Gasteiger partial charge >= 0.3 is 0 Å². The second-order valence-electron chi connectivity index (χ2n) is 4.50. The zero-order valence-corrected chi connectivity index (χ0v) is 12.6. The molecular weight excluding hydrogens is 330 g/mol. The molecule has 3 N–H and O–H groups in total. The number of amidine groups is 1. The first kappa shape index (κ1) is 13.6. The molecule has 0 aliphatic carbocycles. The van der Waals surface area contributed by atoms with Crippen LogP contribution in [0.25, 0.3) is 10.9 Å². The molecule has 0 saturated heterocycles. The van der Waals surface area contributed by atoms with Gasteiger partial charge in [-0.3, -0.25) is 5.41 Å². The molecule has 0 fully saturated rings. The summed E-state index contributed by atoms with van der Waals surface area (Å²) in [6.45, 7) is 0. The first-order valence-corrected chi connectivity index (χ1v) is 7.10. The Balaban J connectivity index is 2.09. The van der Waals surface area contributed by atoms with Gasteiger partial charge in [-0.2, -0.15) is 0 Å². The van der Waals surface area contributed by atoms with Gasteiger partial charge < -0.3 is 10.5 Å². The van der Waals surface area contributed by atoms with Crippen LogP contribution < -0.4 is 10.5 Å². The summed E-state index contributed by atoms with van der Waals surface area (Å²) in [5.74, 6) is 1.08. The second-order valence-corrected chi connectivity index (χ2v) is 5.41. The molecule has 0 saturated carbocycles. The van der Waals surface area contributed by atoms with E-state index in [1.165, 1.54) is 0 Å². The Kier molecular flexibility index (Phi) is 3.58. The van der Waals surface area contributed by atoms with E-state index in [1.54, 1.807) is 6.07 Å². The van der Waals surface area contributed by atoms with Gasteiger partial charge in [-0.1, -0.05) is 40.2 Å². The summed E-state index contributed by atoms with van der Waals surface area (Å²) in [5.41, 5.74) is 7.02. The predicted molar refractivity (Wildman–Crippen MR) is 87.0 cm³/mol. The van der Waals surface area contributed by atoms with Crippen molar-refractivity contribution in [3.63, 3.8) is 0 Å². The molecule has 21 heavy (non-hydrogen) atoms. The molecule has 0 aliphatic rings. The summed E-state index contributed by atoms with van der Waals surface area (Å²) >= 11 is 3.40. The van der Waals surface area contributed by atoms with Crippen LogP contribution in [0, 0.1) is 5.41 Å². The second kappa shape index (κ2) is 5.54. The maximum Gasteiger partial charge on any atom is 0.220 e. The monoisotopic (exact) mass is 341 g/mol. The zero-order valence-electron chi connectivity index (χ0n) is 11.0. The maximum absolute atomic E-state index is 7.71. The van der Waals surface area contributed by atoms with Crippen molar-refractivity contribution >= 4 is 32.7 Å². The van der Waals surface area contributed by atoms with Crippen LogP contribution in [0.15, 0.2) is 59.1 Å². The summed E-state index contributed by atoms with van der Waals surface area (Å²) in [6.07, 6.45) is 0. The van der Waals surface area contributed by atoms with Crippen LogP contribution >= 0.6 is 15.9 Å². The van der Waals surface area contributed by atoms with Gasteiger partial charge in [-0.15, -0.1) is 0 Å². The van der Waals surface area contributed by atoms with E-state index in [-0.39, 0.29) is 5.84 Å². The summed E-state index contributed by atoms with van der Waals surface area (Å²) < 4.78 is 6.69. The molecule has 0 aliphatic heterocycles. The van der Waals surface area contributed by atoms with Gasteiger partial charge in [-0.05, 0) is 24.3 Å². The van der Waals surface area contributed by atoms with Crippen LogP contribution in [-0.4, -0.2) is 10.8 Å². The molecule has 0 unspecified atom stereocenters. The van der Waals surface area contributed by atoms with E-state index in [9.17, 15) is 0 Å². The summed E-state index contributed by atoms with van der Waals surface area (Å²) in [5, 5.41) is 8.55.